The van der Waals surface area contributed by atoms with Crippen LogP contribution >= 0.6 is 15.9 Å². The van der Waals surface area contributed by atoms with Crippen LogP contribution in [-0.2, 0) is 9.47 Å². The highest BCUT2D eigenvalue weighted by molar-refractivity contribution is 9.10. The molecular formula is C9H12BrN3O2. The molecule has 0 bridgehead atoms. The summed E-state index contributed by atoms with van der Waals surface area (Å²) in [6.45, 7) is 1.76. The summed E-state index contributed by atoms with van der Waals surface area (Å²) in [6.07, 6.45) is 1.56. The highest BCUT2D eigenvalue weighted by Gasteiger charge is 2.20. The van der Waals surface area contributed by atoms with E-state index in [0.717, 1.165) is 10.3 Å². The van der Waals surface area contributed by atoms with Gasteiger partial charge < -0.3 is 14.8 Å². The monoisotopic (exact) mass is 273 g/mol. The summed E-state index contributed by atoms with van der Waals surface area (Å²) in [7, 11) is 1.81. The van der Waals surface area contributed by atoms with E-state index in [4.69, 9.17) is 9.47 Å². The quantitative estimate of drug-likeness (QED) is 0.882. The third kappa shape index (κ3) is 2.45. The molecule has 0 radical (unpaired) electrons. The fraction of sp³-hybridized carbons (Fsp3) is 0.556. The predicted molar refractivity (Wildman–Crippen MR) is 58.8 cm³/mol. The van der Waals surface area contributed by atoms with Crippen molar-refractivity contribution in [1.82, 2.24) is 9.97 Å². The van der Waals surface area contributed by atoms with Crippen LogP contribution in [0, 0.1) is 0 Å². The summed E-state index contributed by atoms with van der Waals surface area (Å²) >= 11 is 3.36. The Hall–Kier alpha value is -0.720. The third-order valence-corrected chi connectivity index (χ3v) is 2.68. The van der Waals surface area contributed by atoms with Crippen LogP contribution in [0.25, 0.3) is 0 Å². The average molecular weight is 274 g/mol. The minimum Gasteiger partial charge on any atom is -0.376 e. The summed E-state index contributed by atoms with van der Waals surface area (Å²) < 4.78 is 11.7. The zero-order valence-corrected chi connectivity index (χ0v) is 9.95. The lowest BCUT2D eigenvalue weighted by atomic mass is 10.3. The smallest absolute Gasteiger partial charge is 0.161 e. The Morgan fingerprint density at radius 3 is 3.07 bits per heavy atom. The lowest BCUT2D eigenvalue weighted by molar-refractivity contribution is -0.0934. The van der Waals surface area contributed by atoms with Gasteiger partial charge in [-0.2, -0.15) is 0 Å². The van der Waals surface area contributed by atoms with Gasteiger partial charge in [-0.1, -0.05) is 0 Å². The molecule has 1 aliphatic rings. The van der Waals surface area contributed by atoms with E-state index in [2.05, 4.69) is 31.2 Å². The van der Waals surface area contributed by atoms with Crippen molar-refractivity contribution in [2.45, 2.75) is 6.10 Å². The van der Waals surface area contributed by atoms with E-state index in [1.54, 1.807) is 6.20 Å². The molecule has 0 amide bonds. The molecule has 1 atom stereocenters. The number of hydrogen-bond donors (Lipinski definition) is 1. The Balaban J connectivity index is 2.20. The lowest BCUT2D eigenvalue weighted by Crippen LogP contribution is -2.23. The molecule has 1 saturated heterocycles. The molecule has 0 aromatic carbocycles. The second kappa shape index (κ2) is 4.87. The van der Waals surface area contributed by atoms with Gasteiger partial charge in [0.1, 0.15) is 11.9 Å². The summed E-state index contributed by atoms with van der Waals surface area (Å²) in [5, 5.41) is 2.98. The minimum atomic E-state index is -0.154. The number of aromatic nitrogens is 2. The van der Waals surface area contributed by atoms with Gasteiger partial charge in [0.2, 0.25) is 0 Å². The first-order valence-electron chi connectivity index (χ1n) is 4.71. The maximum absolute atomic E-state index is 5.51. The highest BCUT2D eigenvalue weighted by atomic mass is 79.9. The molecule has 1 unspecified atom stereocenters. The molecule has 5 nitrogen and oxygen atoms in total. The van der Waals surface area contributed by atoms with E-state index in [9.17, 15) is 0 Å². The van der Waals surface area contributed by atoms with Crippen LogP contribution in [-0.4, -0.2) is 36.8 Å². The molecule has 0 spiro atoms. The van der Waals surface area contributed by atoms with Crippen molar-refractivity contribution in [2.75, 3.05) is 32.2 Å². The van der Waals surface area contributed by atoms with E-state index in [0.29, 0.717) is 25.6 Å². The first-order chi connectivity index (χ1) is 7.31. The summed E-state index contributed by atoms with van der Waals surface area (Å²) in [5.41, 5.74) is 0. The second-order valence-electron chi connectivity index (χ2n) is 3.11. The van der Waals surface area contributed by atoms with Gasteiger partial charge in [0.15, 0.2) is 5.82 Å². The summed E-state index contributed by atoms with van der Waals surface area (Å²) in [4.78, 5) is 8.55. The number of nitrogens with zero attached hydrogens (tertiary/aromatic N) is 2. The van der Waals surface area contributed by atoms with Crippen LogP contribution in [0.2, 0.25) is 0 Å². The zero-order valence-electron chi connectivity index (χ0n) is 8.36. The Labute approximate surface area is 96.3 Å². The second-order valence-corrected chi connectivity index (χ2v) is 3.96. The Kier molecular flexibility index (Phi) is 3.50. The van der Waals surface area contributed by atoms with Crippen LogP contribution in [0.15, 0.2) is 10.7 Å². The van der Waals surface area contributed by atoms with Gasteiger partial charge in [-0.05, 0) is 15.9 Å². The molecule has 1 aliphatic heterocycles. The Morgan fingerprint density at radius 2 is 2.40 bits per heavy atom. The largest absolute Gasteiger partial charge is 0.376 e. The van der Waals surface area contributed by atoms with Gasteiger partial charge in [-0.25, -0.2) is 9.97 Å². The highest BCUT2D eigenvalue weighted by Crippen LogP contribution is 2.23. The van der Waals surface area contributed by atoms with Crippen molar-refractivity contribution in [3.8, 4) is 0 Å². The van der Waals surface area contributed by atoms with Gasteiger partial charge >= 0.3 is 0 Å². The molecule has 1 aromatic heterocycles. The number of ether oxygens (including phenoxy) is 2. The molecule has 0 saturated carbocycles. The van der Waals surface area contributed by atoms with Gasteiger partial charge in [0, 0.05) is 13.2 Å². The average Bonchev–Trinajstić information content (AvgIpc) is 2.31. The molecule has 2 heterocycles. The SMILES string of the molecule is CNc1nc(C2COCCO2)ncc1Br. The van der Waals surface area contributed by atoms with Crippen LogP contribution in [0.3, 0.4) is 0 Å². The Bertz CT molecular complexity index is 342. The lowest BCUT2D eigenvalue weighted by Gasteiger charge is -2.21. The molecule has 6 heteroatoms. The fourth-order valence-electron chi connectivity index (χ4n) is 1.35. The van der Waals surface area contributed by atoms with E-state index in [1.807, 2.05) is 7.05 Å². The van der Waals surface area contributed by atoms with Gasteiger partial charge in [-0.15, -0.1) is 0 Å². The molecule has 82 valence electrons. The van der Waals surface area contributed by atoms with Crippen molar-refractivity contribution in [3.05, 3.63) is 16.5 Å². The van der Waals surface area contributed by atoms with Crippen molar-refractivity contribution < 1.29 is 9.47 Å². The van der Waals surface area contributed by atoms with Crippen molar-refractivity contribution in [2.24, 2.45) is 0 Å². The van der Waals surface area contributed by atoms with E-state index >= 15 is 0 Å². The number of rotatable bonds is 2. The van der Waals surface area contributed by atoms with Gasteiger partial charge in [0.25, 0.3) is 0 Å². The standard InChI is InChI=1S/C9H12BrN3O2/c1-11-8-6(10)4-12-9(13-8)7-5-14-2-3-15-7/h4,7H,2-3,5H2,1H3,(H,11,12,13). The van der Waals surface area contributed by atoms with E-state index in [1.165, 1.54) is 0 Å². The summed E-state index contributed by atoms with van der Waals surface area (Å²) in [5.74, 6) is 1.41. The van der Waals surface area contributed by atoms with Gasteiger partial charge in [-0.3, -0.25) is 0 Å². The summed E-state index contributed by atoms with van der Waals surface area (Å²) in [6, 6.07) is 0. The normalized spacial score (nSPS) is 21.3. The molecule has 1 N–H and O–H groups in total. The number of halogens is 1. The van der Waals surface area contributed by atoms with Crippen LogP contribution in [0.5, 0.6) is 0 Å². The first-order valence-corrected chi connectivity index (χ1v) is 5.50. The number of nitrogens with one attached hydrogen (secondary N) is 1. The van der Waals surface area contributed by atoms with Crippen molar-refractivity contribution in [1.29, 1.82) is 0 Å². The minimum absolute atomic E-state index is 0.154. The molecular weight excluding hydrogens is 262 g/mol. The molecule has 2 rings (SSSR count). The number of hydrogen-bond acceptors (Lipinski definition) is 5. The molecule has 1 fully saturated rings. The molecule has 0 aliphatic carbocycles. The van der Waals surface area contributed by atoms with Crippen LogP contribution in [0.1, 0.15) is 11.9 Å². The van der Waals surface area contributed by atoms with E-state index < -0.39 is 0 Å². The predicted octanol–water partition coefficient (Wildman–Crippen LogP) is 1.37. The number of anilines is 1. The molecule has 1 aromatic rings. The zero-order chi connectivity index (χ0) is 10.7. The topological polar surface area (TPSA) is 56.3 Å². The van der Waals surface area contributed by atoms with E-state index in [-0.39, 0.29) is 6.10 Å². The fourth-order valence-corrected chi connectivity index (χ4v) is 1.74. The maximum Gasteiger partial charge on any atom is 0.161 e. The van der Waals surface area contributed by atoms with Crippen LogP contribution in [0.4, 0.5) is 5.82 Å². The van der Waals surface area contributed by atoms with Crippen molar-refractivity contribution >= 4 is 21.7 Å². The molecule has 15 heavy (non-hydrogen) atoms. The van der Waals surface area contributed by atoms with Crippen LogP contribution < -0.4 is 5.32 Å². The Morgan fingerprint density at radius 1 is 1.53 bits per heavy atom. The van der Waals surface area contributed by atoms with Crippen molar-refractivity contribution in [3.63, 3.8) is 0 Å². The maximum atomic E-state index is 5.51. The van der Waals surface area contributed by atoms with Gasteiger partial charge in [0.05, 0.1) is 24.3 Å². The first kappa shape index (κ1) is 10.8. The third-order valence-electron chi connectivity index (χ3n) is 2.10.